The van der Waals surface area contributed by atoms with Crippen LogP contribution in [0.15, 0.2) is 22.6 Å². The molecule has 0 bridgehead atoms. The molecule has 1 fully saturated rings. The van der Waals surface area contributed by atoms with Gasteiger partial charge in [-0.25, -0.2) is 0 Å². The lowest BCUT2D eigenvalue weighted by Crippen LogP contribution is -2.40. The first-order valence-electron chi connectivity index (χ1n) is 7.50. The summed E-state index contributed by atoms with van der Waals surface area (Å²) in [4.78, 5) is 25.3. The lowest BCUT2D eigenvalue weighted by atomic mass is 9.97. The average Bonchev–Trinajstić information content (AvgIpc) is 2.85. The number of hydrogen-bond donors (Lipinski definition) is 1. The van der Waals surface area contributed by atoms with E-state index in [4.69, 9.17) is 9.52 Å². The van der Waals surface area contributed by atoms with Gasteiger partial charge in [-0.2, -0.15) is 0 Å². The van der Waals surface area contributed by atoms with Crippen molar-refractivity contribution in [1.29, 1.82) is 0 Å². The summed E-state index contributed by atoms with van der Waals surface area (Å²) in [6.07, 6.45) is 0.999. The molecule has 0 saturated carbocycles. The Balaban J connectivity index is 1.86. The molecule has 3 rings (SSSR count). The van der Waals surface area contributed by atoms with E-state index in [9.17, 15) is 9.59 Å². The summed E-state index contributed by atoms with van der Waals surface area (Å²) in [5.74, 6) is -0.888. The molecule has 0 atom stereocenters. The number of likely N-dealkylation sites (tertiary alicyclic amines) is 1. The second-order valence-electron chi connectivity index (χ2n) is 5.91. The fraction of sp³-hybridized carbons (Fsp3) is 0.412. The summed E-state index contributed by atoms with van der Waals surface area (Å²) in [5, 5.41) is 9.99. The highest BCUT2D eigenvalue weighted by Crippen LogP contribution is 2.29. The summed E-state index contributed by atoms with van der Waals surface area (Å²) in [6.45, 7) is 4.77. The number of carbonyl (C=O) groups is 2. The monoisotopic (exact) mass is 301 g/mol. The van der Waals surface area contributed by atoms with E-state index in [-0.39, 0.29) is 11.8 Å². The number of hydrogen-bond acceptors (Lipinski definition) is 3. The van der Waals surface area contributed by atoms with Gasteiger partial charge in [0, 0.05) is 24.0 Å². The van der Waals surface area contributed by atoms with Crippen molar-refractivity contribution in [2.24, 2.45) is 5.92 Å². The Kier molecular flexibility index (Phi) is 3.64. The van der Waals surface area contributed by atoms with Crippen LogP contribution in [0.25, 0.3) is 11.0 Å². The molecule has 1 aromatic heterocycles. The van der Waals surface area contributed by atoms with Gasteiger partial charge in [0.05, 0.1) is 5.92 Å². The highest BCUT2D eigenvalue weighted by atomic mass is 16.4. The number of carboxylic acids is 1. The summed E-state index contributed by atoms with van der Waals surface area (Å²) in [6, 6.07) is 5.86. The zero-order valence-corrected chi connectivity index (χ0v) is 12.8. The normalized spacial score (nSPS) is 16.2. The number of furan rings is 1. The maximum atomic E-state index is 12.7. The molecule has 1 aliphatic heterocycles. The molecule has 1 aromatic carbocycles. The van der Waals surface area contributed by atoms with Gasteiger partial charge in [-0.15, -0.1) is 0 Å². The number of para-hydroxylation sites is 1. The Morgan fingerprint density at radius 1 is 1.23 bits per heavy atom. The highest BCUT2D eigenvalue weighted by molar-refractivity contribution is 5.99. The Morgan fingerprint density at radius 3 is 2.50 bits per heavy atom. The van der Waals surface area contributed by atoms with Crippen molar-refractivity contribution in [3.63, 3.8) is 0 Å². The number of benzene rings is 1. The smallest absolute Gasteiger partial charge is 0.306 e. The summed E-state index contributed by atoms with van der Waals surface area (Å²) >= 11 is 0. The van der Waals surface area contributed by atoms with Crippen molar-refractivity contribution in [1.82, 2.24) is 4.90 Å². The van der Waals surface area contributed by atoms with Gasteiger partial charge in [0.2, 0.25) is 0 Å². The summed E-state index contributed by atoms with van der Waals surface area (Å²) < 4.78 is 5.81. The van der Waals surface area contributed by atoms with E-state index in [1.54, 1.807) is 4.90 Å². The first-order valence-corrected chi connectivity index (χ1v) is 7.50. The molecule has 2 aromatic rings. The largest absolute Gasteiger partial charge is 0.481 e. The summed E-state index contributed by atoms with van der Waals surface area (Å²) in [7, 11) is 0. The average molecular weight is 301 g/mol. The first kappa shape index (κ1) is 14.6. The van der Waals surface area contributed by atoms with Crippen LogP contribution in [0.4, 0.5) is 0 Å². The van der Waals surface area contributed by atoms with Gasteiger partial charge >= 0.3 is 5.97 Å². The molecule has 22 heavy (non-hydrogen) atoms. The zero-order chi connectivity index (χ0) is 15.9. The molecule has 116 valence electrons. The Morgan fingerprint density at radius 2 is 1.91 bits per heavy atom. The van der Waals surface area contributed by atoms with E-state index in [1.165, 1.54) is 0 Å². The van der Waals surface area contributed by atoms with Crippen LogP contribution in [0.1, 0.15) is 34.5 Å². The van der Waals surface area contributed by atoms with E-state index in [0.717, 1.165) is 22.1 Å². The van der Waals surface area contributed by atoms with Gasteiger partial charge in [-0.1, -0.05) is 18.2 Å². The van der Waals surface area contributed by atoms with Crippen LogP contribution in [0.3, 0.4) is 0 Å². The molecule has 1 aliphatic rings. The Labute approximate surface area is 128 Å². The number of aryl methyl sites for hydroxylation is 2. The molecule has 1 saturated heterocycles. The SMILES string of the molecule is Cc1c(C(=O)N2CCC(C(=O)O)CC2)oc2c(C)cccc12. The maximum absolute atomic E-state index is 12.7. The molecular weight excluding hydrogens is 282 g/mol. The fourth-order valence-electron chi connectivity index (χ4n) is 3.06. The number of nitrogens with zero attached hydrogens (tertiary/aromatic N) is 1. The van der Waals surface area contributed by atoms with Gasteiger partial charge in [-0.3, -0.25) is 9.59 Å². The van der Waals surface area contributed by atoms with Crippen LogP contribution in [0.5, 0.6) is 0 Å². The standard InChI is InChI=1S/C17H19NO4/c1-10-4-3-5-13-11(2)15(22-14(10)13)16(19)18-8-6-12(7-9-18)17(20)21/h3-5,12H,6-9H2,1-2H3,(H,20,21). The molecule has 0 unspecified atom stereocenters. The lowest BCUT2D eigenvalue weighted by molar-refractivity contribution is -0.143. The molecule has 0 spiro atoms. The van der Waals surface area contributed by atoms with Crippen LogP contribution in [-0.4, -0.2) is 35.0 Å². The zero-order valence-electron chi connectivity index (χ0n) is 12.8. The van der Waals surface area contributed by atoms with Gasteiger partial charge in [-0.05, 0) is 32.3 Å². The fourth-order valence-corrected chi connectivity index (χ4v) is 3.06. The number of fused-ring (bicyclic) bond motifs is 1. The van der Waals surface area contributed by atoms with Crippen molar-refractivity contribution in [2.45, 2.75) is 26.7 Å². The second-order valence-corrected chi connectivity index (χ2v) is 5.91. The molecule has 1 amide bonds. The van der Waals surface area contributed by atoms with Crippen molar-refractivity contribution in [2.75, 3.05) is 13.1 Å². The topological polar surface area (TPSA) is 70.8 Å². The number of carbonyl (C=O) groups excluding carboxylic acids is 1. The molecular formula is C17H19NO4. The van der Waals surface area contributed by atoms with E-state index >= 15 is 0 Å². The summed E-state index contributed by atoms with van der Waals surface area (Å²) in [5.41, 5.74) is 2.61. The van der Waals surface area contributed by atoms with Gasteiger partial charge in [0.1, 0.15) is 5.58 Å². The highest BCUT2D eigenvalue weighted by Gasteiger charge is 2.30. The molecule has 0 radical (unpaired) electrons. The number of rotatable bonds is 2. The predicted octanol–water partition coefficient (Wildman–Crippen LogP) is 2.99. The van der Waals surface area contributed by atoms with Gasteiger partial charge in [0.25, 0.3) is 5.91 Å². The molecule has 1 N–H and O–H groups in total. The Hall–Kier alpha value is -2.30. The van der Waals surface area contributed by atoms with E-state index in [2.05, 4.69) is 0 Å². The molecule has 5 nitrogen and oxygen atoms in total. The van der Waals surface area contributed by atoms with E-state index in [0.29, 0.717) is 31.7 Å². The minimum absolute atomic E-state index is 0.142. The first-order chi connectivity index (χ1) is 10.5. The molecule has 0 aliphatic carbocycles. The van der Waals surface area contributed by atoms with Crippen LogP contribution in [0, 0.1) is 19.8 Å². The number of piperidine rings is 1. The third-order valence-electron chi connectivity index (χ3n) is 4.49. The minimum Gasteiger partial charge on any atom is -0.481 e. The molecule has 5 heteroatoms. The van der Waals surface area contributed by atoms with Crippen molar-refractivity contribution in [3.05, 3.63) is 35.1 Å². The predicted molar refractivity (Wildman–Crippen MR) is 82.0 cm³/mol. The maximum Gasteiger partial charge on any atom is 0.306 e. The lowest BCUT2D eigenvalue weighted by Gasteiger charge is -2.29. The van der Waals surface area contributed by atoms with E-state index < -0.39 is 5.97 Å². The quantitative estimate of drug-likeness (QED) is 0.925. The molecule has 2 heterocycles. The second kappa shape index (κ2) is 5.48. The third kappa shape index (κ3) is 2.36. The number of amides is 1. The Bertz CT molecular complexity index is 738. The van der Waals surface area contributed by atoms with E-state index in [1.807, 2.05) is 32.0 Å². The van der Waals surface area contributed by atoms with Gasteiger partial charge in [0.15, 0.2) is 5.76 Å². The number of aliphatic carboxylic acids is 1. The van der Waals surface area contributed by atoms with Crippen LogP contribution in [-0.2, 0) is 4.79 Å². The van der Waals surface area contributed by atoms with Gasteiger partial charge < -0.3 is 14.4 Å². The number of carboxylic acid groups (broad SMARTS) is 1. The third-order valence-corrected chi connectivity index (χ3v) is 4.49. The van der Waals surface area contributed by atoms with Crippen LogP contribution < -0.4 is 0 Å². The van der Waals surface area contributed by atoms with Crippen LogP contribution >= 0.6 is 0 Å². The van der Waals surface area contributed by atoms with Crippen molar-refractivity contribution >= 4 is 22.8 Å². The van der Waals surface area contributed by atoms with Crippen LogP contribution in [0.2, 0.25) is 0 Å². The minimum atomic E-state index is -0.775. The van der Waals surface area contributed by atoms with Crippen molar-refractivity contribution in [3.8, 4) is 0 Å². The van der Waals surface area contributed by atoms with Crippen molar-refractivity contribution < 1.29 is 19.1 Å².